The minimum atomic E-state index is -0.541. The van der Waals surface area contributed by atoms with Crippen molar-refractivity contribution in [2.24, 2.45) is 0 Å². The van der Waals surface area contributed by atoms with E-state index in [2.05, 4.69) is 0 Å². The zero-order valence-electron chi connectivity index (χ0n) is 8.90. The van der Waals surface area contributed by atoms with Gasteiger partial charge in [0, 0.05) is 0 Å². The largest absolute Gasteiger partial charge is 0.463 e. The third-order valence-corrected chi connectivity index (χ3v) is 1.02. The smallest absolute Gasteiger partial charge is 0.317 e. The van der Waals surface area contributed by atoms with Gasteiger partial charge in [-0.3, -0.25) is 9.59 Å². The SMILES string of the molecule is CC(C)OC(=O)CC(=O)OC(C)C.Cl. The minimum Gasteiger partial charge on any atom is -0.463 e. The van der Waals surface area contributed by atoms with Gasteiger partial charge in [0.2, 0.25) is 0 Å². The maximum Gasteiger partial charge on any atom is 0.317 e. The standard InChI is InChI=1S/C9H16O4.ClH/c1-6(2)12-8(10)5-9(11)13-7(3)4;/h6-7H,5H2,1-4H3;1H. The summed E-state index contributed by atoms with van der Waals surface area (Å²) < 4.78 is 9.53. The molecule has 5 heteroatoms. The van der Waals surface area contributed by atoms with Gasteiger partial charge in [-0.15, -0.1) is 12.4 Å². The highest BCUT2D eigenvalue weighted by atomic mass is 35.5. The van der Waals surface area contributed by atoms with Crippen molar-refractivity contribution in [3.63, 3.8) is 0 Å². The fourth-order valence-corrected chi connectivity index (χ4v) is 0.727. The van der Waals surface area contributed by atoms with E-state index in [1.165, 1.54) is 0 Å². The summed E-state index contributed by atoms with van der Waals surface area (Å²) in [6, 6.07) is 0. The molecule has 0 aliphatic heterocycles. The Morgan fingerprint density at radius 2 is 1.21 bits per heavy atom. The van der Waals surface area contributed by atoms with Crippen molar-refractivity contribution in [1.29, 1.82) is 0 Å². The summed E-state index contributed by atoms with van der Waals surface area (Å²) in [6.45, 7) is 6.91. The number of halogens is 1. The minimum absolute atomic E-state index is 0. The molecule has 0 aromatic heterocycles. The second kappa shape index (κ2) is 7.62. The van der Waals surface area contributed by atoms with E-state index < -0.39 is 11.9 Å². The average molecular weight is 225 g/mol. The molecule has 0 aromatic rings. The van der Waals surface area contributed by atoms with Crippen LogP contribution in [0.25, 0.3) is 0 Å². The number of carbonyl (C=O) groups excluding carboxylic acids is 2. The van der Waals surface area contributed by atoms with Crippen LogP contribution in [-0.2, 0) is 19.1 Å². The fraction of sp³-hybridized carbons (Fsp3) is 0.778. The first-order chi connectivity index (χ1) is 5.91. The van der Waals surface area contributed by atoms with E-state index >= 15 is 0 Å². The van der Waals surface area contributed by atoms with E-state index in [9.17, 15) is 9.59 Å². The molecule has 84 valence electrons. The number of ether oxygens (including phenoxy) is 2. The molecule has 0 fully saturated rings. The molecule has 0 amide bonds. The van der Waals surface area contributed by atoms with Crippen LogP contribution in [0.2, 0.25) is 0 Å². The number of esters is 2. The van der Waals surface area contributed by atoms with E-state index in [-0.39, 0.29) is 31.0 Å². The second-order valence-electron chi connectivity index (χ2n) is 3.25. The van der Waals surface area contributed by atoms with Gasteiger partial charge in [-0.1, -0.05) is 0 Å². The fourth-order valence-electron chi connectivity index (χ4n) is 0.727. The van der Waals surface area contributed by atoms with Crippen molar-refractivity contribution < 1.29 is 19.1 Å². The van der Waals surface area contributed by atoms with Gasteiger partial charge < -0.3 is 9.47 Å². The molecular formula is C9H17ClO4. The van der Waals surface area contributed by atoms with Crippen molar-refractivity contribution in [2.75, 3.05) is 0 Å². The van der Waals surface area contributed by atoms with E-state index in [1.54, 1.807) is 27.7 Å². The normalized spacial score (nSPS) is 9.57. The molecule has 0 spiro atoms. The maximum atomic E-state index is 10.9. The van der Waals surface area contributed by atoms with Crippen LogP contribution in [0.5, 0.6) is 0 Å². The number of hydrogen-bond acceptors (Lipinski definition) is 4. The van der Waals surface area contributed by atoms with Crippen molar-refractivity contribution >= 4 is 24.3 Å². The van der Waals surface area contributed by atoms with E-state index in [0.29, 0.717) is 0 Å². The molecule has 0 rings (SSSR count). The summed E-state index contributed by atoms with van der Waals surface area (Å²) in [4.78, 5) is 21.8. The third-order valence-electron chi connectivity index (χ3n) is 1.02. The maximum absolute atomic E-state index is 10.9. The lowest BCUT2D eigenvalue weighted by molar-refractivity contribution is -0.158. The summed E-state index contributed by atoms with van der Waals surface area (Å²) in [5, 5.41) is 0. The van der Waals surface area contributed by atoms with Crippen LogP contribution in [0, 0.1) is 0 Å². The summed E-state index contributed by atoms with van der Waals surface area (Å²) in [5.74, 6) is -1.08. The first-order valence-electron chi connectivity index (χ1n) is 4.30. The topological polar surface area (TPSA) is 52.6 Å². The van der Waals surface area contributed by atoms with Crippen LogP contribution in [0.1, 0.15) is 34.1 Å². The average Bonchev–Trinajstić information content (AvgIpc) is 1.80. The first-order valence-corrected chi connectivity index (χ1v) is 4.30. The first kappa shape index (κ1) is 15.7. The molecule has 0 N–H and O–H groups in total. The van der Waals surface area contributed by atoms with Crippen LogP contribution in [-0.4, -0.2) is 24.1 Å². The van der Waals surface area contributed by atoms with Crippen molar-refractivity contribution in [3.8, 4) is 0 Å². The summed E-state index contributed by atoms with van der Waals surface area (Å²) >= 11 is 0. The van der Waals surface area contributed by atoms with Crippen LogP contribution in [0.3, 0.4) is 0 Å². The van der Waals surface area contributed by atoms with Gasteiger partial charge >= 0.3 is 11.9 Å². The molecule has 0 radical (unpaired) electrons. The molecule has 14 heavy (non-hydrogen) atoms. The molecule has 0 atom stereocenters. The van der Waals surface area contributed by atoms with Crippen molar-refractivity contribution in [3.05, 3.63) is 0 Å². The highest BCUT2D eigenvalue weighted by Gasteiger charge is 2.14. The van der Waals surface area contributed by atoms with Gasteiger partial charge in [-0.25, -0.2) is 0 Å². The molecule has 0 aliphatic carbocycles. The lowest BCUT2D eigenvalue weighted by atomic mass is 10.4. The van der Waals surface area contributed by atoms with Gasteiger partial charge in [-0.05, 0) is 27.7 Å². The molecular weight excluding hydrogens is 208 g/mol. The monoisotopic (exact) mass is 224 g/mol. The highest BCUT2D eigenvalue weighted by Crippen LogP contribution is 1.97. The Kier molecular flexibility index (Phi) is 8.54. The quantitative estimate of drug-likeness (QED) is 0.539. The Hall–Kier alpha value is -0.770. The Bertz CT molecular complexity index is 169. The third kappa shape index (κ3) is 9.32. The van der Waals surface area contributed by atoms with Crippen LogP contribution < -0.4 is 0 Å². The molecule has 0 saturated carbocycles. The molecule has 0 heterocycles. The van der Waals surface area contributed by atoms with Crippen LogP contribution >= 0.6 is 12.4 Å². The van der Waals surface area contributed by atoms with Gasteiger partial charge in [0.05, 0.1) is 12.2 Å². The zero-order chi connectivity index (χ0) is 10.4. The predicted molar refractivity (Wildman–Crippen MR) is 54.3 cm³/mol. The molecule has 0 bridgehead atoms. The van der Waals surface area contributed by atoms with E-state index in [0.717, 1.165) is 0 Å². The van der Waals surface area contributed by atoms with Crippen LogP contribution in [0.4, 0.5) is 0 Å². The van der Waals surface area contributed by atoms with Gasteiger partial charge in [0.1, 0.15) is 6.42 Å². The van der Waals surface area contributed by atoms with Gasteiger partial charge in [0.25, 0.3) is 0 Å². The zero-order valence-corrected chi connectivity index (χ0v) is 9.72. The number of hydrogen-bond donors (Lipinski definition) is 0. The van der Waals surface area contributed by atoms with Crippen LogP contribution in [0.15, 0.2) is 0 Å². The van der Waals surface area contributed by atoms with E-state index in [1.807, 2.05) is 0 Å². The summed E-state index contributed by atoms with van der Waals surface area (Å²) in [7, 11) is 0. The van der Waals surface area contributed by atoms with Gasteiger partial charge in [0.15, 0.2) is 0 Å². The predicted octanol–water partition coefficient (Wildman–Crippen LogP) is 1.70. The van der Waals surface area contributed by atoms with Crippen molar-refractivity contribution in [1.82, 2.24) is 0 Å². The number of rotatable bonds is 4. The lowest BCUT2D eigenvalue weighted by Crippen LogP contribution is -2.19. The molecule has 0 saturated heterocycles. The van der Waals surface area contributed by atoms with Crippen molar-refractivity contribution in [2.45, 2.75) is 46.3 Å². The Morgan fingerprint density at radius 1 is 0.929 bits per heavy atom. The highest BCUT2D eigenvalue weighted by molar-refractivity contribution is 5.91. The Morgan fingerprint density at radius 3 is 1.43 bits per heavy atom. The lowest BCUT2D eigenvalue weighted by Gasteiger charge is -2.09. The molecule has 4 nitrogen and oxygen atoms in total. The Labute approximate surface area is 90.4 Å². The van der Waals surface area contributed by atoms with E-state index in [4.69, 9.17) is 9.47 Å². The Balaban J connectivity index is 0. The molecule has 0 unspecified atom stereocenters. The number of carbonyl (C=O) groups is 2. The molecule has 0 aromatic carbocycles. The van der Waals surface area contributed by atoms with Gasteiger partial charge in [-0.2, -0.15) is 0 Å². The second-order valence-corrected chi connectivity index (χ2v) is 3.25. The summed E-state index contributed by atoms with van der Waals surface area (Å²) in [5.41, 5.74) is 0. The summed E-state index contributed by atoms with van der Waals surface area (Å²) in [6.07, 6.45) is -0.699. The molecule has 0 aliphatic rings.